The summed E-state index contributed by atoms with van der Waals surface area (Å²) in [6.45, 7) is 0. The smallest absolute Gasteiger partial charge is 0.320 e. The van der Waals surface area contributed by atoms with Crippen LogP contribution in [0.3, 0.4) is 0 Å². The van der Waals surface area contributed by atoms with Crippen LogP contribution in [0.25, 0.3) is 22.0 Å². The summed E-state index contributed by atoms with van der Waals surface area (Å²) in [6, 6.07) is 13.4. The molecule has 1 heterocycles. The van der Waals surface area contributed by atoms with Gasteiger partial charge in [-0.05, 0) is 30.5 Å². The number of nitrogens with one attached hydrogen (secondary N) is 1. The van der Waals surface area contributed by atoms with Crippen molar-refractivity contribution in [1.82, 2.24) is 10.2 Å². The van der Waals surface area contributed by atoms with Crippen molar-refractivity contribution in [1.29, 1.82) is 0 Å². The molecule has 1 aliphatic carbocycles. The van der Waals surface area contributed by atoms with Gasteiger partial charge in [0.25, 0.3) is 0 Å². The maximum absolute atomic E-state index is 12.2. The first-order valence-corrected chi connectivity index (χ1v) is 9.34. The fraction of sp³-hybridized carbons (Fsp3) is 0.300. The van der Waals surface area contributed by atoms with Crippen LogP contribution in [0.2, 0.25) is 5.02 Å². The summed E-state index contributed by atoms with van der Waals surface area (Å²) >= 11 is 6.48. The minimum Gasteiger partial charge on any atom is -0.351 e. The fourth-order valence-electron chi connectivity index (χ4n) is 3.84. The summed E-state index contributed by atoms with van der Waals surface area (Å²) in [5.74, 6) is 0.591. The van der Waals surface area contributed by atoms with Gasteiger partial charge in [0.2, 0.25) is 0 Å². The van der Waals surface area contributed by atoms with E-state index in [1.807, 2.05) is 42.5 Å². The first-order chi connectivity index (χ1) is 12.6. The number of amides is 2. The Morgan fingerprint density at radius 3 is 2.58 bits per heavy atom. The standard InChI is InChI=1S/C20H21ClN4O/c21-17-12-18-16(11-15(17)13-7-3-1-4-8-13)19(24-23-18)25(20(22)26)14-9-5-2-6-10-14/h1,3-4,7-8,11-12,14H,2,5-6,9-10H2,(H2,22,26)(H,23,24). The van der Waals surface area contributed by atoms with Gasteiger partial charge in [0, 0.05) is 17.0 Å². The van der Waals surface area contributed by atoms with Crippen molar-refractivity contribution in [3.63, 3.8) is 0 Å². The molecule has 0 spiro atoms. The molecule has 134 valence electrons. The molecule has 1 saturated carbocycles. The Kier molecular flexibility index (Phi) is 4.55. The number of urea groups is 1. The lowest BCUT2D eigenvalue weighted by Crippen LogP contribution is -2.45. The lowest BCUT2D eigenvalue weighted by atomic mass is 9.94. The van der Waals surface area contributed by atoms with E-state index < -0.39 is 6.03 Å². The van der Waals surface area contributed by atoms with Crippen LogP contribution in [0, 0.1) is 0 Å². The van der Waals surface area contributed by atoms with Gasteiger partial charge < -0.3 is 5.73 Å². The Hall–Kier alpha value is -2.53. The SMILES string of the molecule is NC(=O)N(c1n[nH]c2cc(Cl)c(-c3ccccc3)cc12)C1CCCCC1. The fourth-order valence-corrected chi connectivity index (χ4v) is 4.12. The lowest BCUT2D eigenvalue weighted by molar-refractivity contribution is 0.249. The summed E-state index contributed by atoms with van der Waals surface area (Å²) < 4.78 is 0. The Balaban J connectivity index is 1.83. The largest absolute Gasteiger partial charge is 0.351 e. The topological polar surface area (TPSA) is 75.0 Å². The van der Waals surface area contributed by atoms with E-state index in [9.17, 15) is 4.79 Å². The minimum atomic E-state index is -0.457. The van der Waals surface area contributed by atoms with Gasteiger partial charge in [-0.3, -0.25) is 10.00 Å². The molecule has 0 atom stereocenters. The summed E-state index contributed by atoms with van der Waals surface area (Å²) in [7, 11) is 0. The van der Waals surface area contributed by atoms with E-state index in [0.717, 1.165) is 47.7 Å². The molecule has 26 heavy (non-hydrogen) atoms. The first-order valence-electron chi connectivity index (χ1n) is 8.97. The third kappa shape index (κ3) is 3.03. The number of nitrogens with zero attached hydrogens (tertiary/aromatic N) is 2. The third-order valence-electron chi connectivity index (χ3n) is 5.12. The van der Waals surface area contributed by atoms with Crippen LogP contribution in [0.1, 0.15) is 32.1 Å². The number of nitrogens with two attached hydrogens (primary N) is 1. The number of fused-ring (bicyclic) bond motifs is 1. The van der Waals surface area contributed by atoms with Gasteiger partial charge in [-0.1, -0.05) is 61.2 Å². The molecule has 0 bridgehead atoms. The maximum Gasteiger partial charge on any atom is 0.320 e. The Morgan fingerprint density at radius 1 is 1.15 bits per heavy atom. The summed E-state index contributed by atoms with van der Waals surface area (Å²) in [6.07, 6.45) is 5.33. The number of rotatable bonds is 3. The van der Waals surface area contributed by atoms with Crippen molar-refractivity contribution in [2.24, 2.45) is 5.73 Å². The van der Waals surface area contributed by atoms with Gasteiger partial charge in [0.1, 0.15) is 0 Å². The molecule has 1 fully saturated rings. The van der Waals surface area contributed by atoms with Gasteiger partial charge in [-0.2, -0.15) is 5.10 Å². The van der Waals surface area contributed by atoms with Crippen LogP contribution in [-0.2, 0) is 0 Å². The van der Waals surface area contributed by atoms with Gasteiger partial charge in [0.15, 0.2) is 5.82 Å². The molecule has 4 rings (SSSR count). The highest BCUT2D eigenvalue weighted by atomic mass is 35.5. The highest BCUT2D eigenvalue weighted by Gasteiger charge is 2.28. The summed E-state index contributed by atoms with van der Waals surface area (Å²) in [5.41, 5.74) is 8.47. The second-order valence-electron chi connectivity index (χ2n) is 6.79. The molecular weight excluding hydrogens is 348 g/mol. The number of halogens is 1. The van der Waals surface area contributed by atoms with Crippen LogP contribution in [-0.4, -0.2) is 22.3 Å². The zero-order chi connectivity index (χ0) is 18.1. The molecule has 3 aromatic rings. The molecule has 5 nitrogen and oxygen atoms in total. The minimum absolute atomic E-state index is 0.101. The summed E-state index contributed by atoms with van der Waals surface area (Å²) in [5, 5.41) is 8.91. The number of carbonyl (C=O) groups is 1. The molecule has 2 aromatic carbocycles. The summed E-state index contributed by atoms with van der Waals surface area (Å²) in [4.78, 5) is 13.9. The second kappa shape index (κ2) is 7.00. The number of carbonyl (C=O) groups excluding carboxylic acids is 1. The van der Waals surface area contributed by atoms with E-state index in [2.05, 4.69) is 10.2 Å². The van der Waals surface area contributed by atoms with Crippen molar-refractivity contribution >= 4 is 34.4 Å². The third-order valence-corrected chi connectivity index (χ3v) is 5.43. The van der Waals surface area contributed by atoms with Gasteiger partial charge in [-0.25, -0.2) is 4.79 Å². The van der Waals surface area contributed by atoms with Gasteiger partial charge in [0.05, 0.1) is 10.5 Å². The lowest BCUT2D eigenvalue weighted by Gasteiger charge is -2.31. The van der Waals surface area contributed by atoms with E-state index in [4.69, 9.17) is 17.3 Å². The molecule has 1 aromatic heterocycles. The average Bonchev–Trinajstić information content (AvgIpc) is 3.05. The predicted molar refractivity (Wildman–Crippen MR) is 105 cm³/mol. The second-order valence-corrected chi connectivity index (χ2v) is 7.20. The highest BCUT2D eigenvalue weighted by molar-refractivity contribution is 6.34. The molecule has 3 N–H and O–H groups in total. The van der Waals surface area contributed by atoms with Gasteiger partial charge >= 0.3 is 6.03 Å². The van der Waals surface area contributed by atoms with Crippen molar-refractivity contribution in [3.8, 4) is 11.1 Å². The van der Waals surface area contributed by atoms with Crippen molar-refractivity contribution < 1.29 is 4.79 Å². The first kappa shape index (κ1) is 16.9. The van der Waals surface area contributed by atoms with Crippen molar-refractivity contribution in [3.05, 3.63) is 47.5 Å². The molecule has 0 unspecified atom stereocenters. The number of hydrogen-bond acceptors (Lipinski definition) is 2. The van der Waals surface area contributed by atoms with E-state index >= 15 is 0 Å². The predicted octanol–water partition coefficient (Wildman–Crippen LogP) is 5.10. The molecule has 0 radical (unpaired) electrons. The van der Waals surface area contributed by atoms with E-state index in [1.54, 1.807) is 4.90 Å². The molecular formula is C20H21ClN4O. The number of primary amides is 1. The van der Waals surface area contributed by atoms with Crippen LogP contribution >= 0.6 is 11.6 Å². The Morgan fingerprint density at radius 2 is 1.88 bits per heavy atom. The molecule has 0 aliphatic heterocycles. The number of hydrogen-bond donors (Lipinski definition) is 2. The number of aromatic nitrogens is 2. The number of H-pyrrole nitrogens is 1. The van der Waals surface area contributed by atoms with Crippen molar-refractivity contribution in [2.45, 2.75) is 38.1 Å². The molecule has 2 amide bonds. The number of anilines is 1. The Bertz CT molecular complexity index is 932. The quantitative estimate of drug-likeness (QED) is 0.674. The normalized spacial score (nSPS) is 15.3. The van der Waals surface area contributed by atoms with Crippen molar-refractivity contribution in [2.75, 3.05) is 4.90 Å². The maximum atomic E-state index is 12.2. The van der Waals surface area contributed by atoms with Crippen LogP contribution < -0.4 is 10.6 Å². The van der Waals surface area contributed by atoms with E-state index in [0.29, 0.717) is 10.8 Å². The van der Waals surface area contributed by atoms with E-state index in [1.165, 1.54) is 6.42 Å². The number of aromatic amines is 1. The molecule has 1 aliphatic rings. The van der Waals surface area contributed by atoms with E-state index in [-0.39, 0.29) is 6.04 Å². The molecule has 0 saturated heterocycles. The van der Waals surface area contributed by atoms with Crippen LogP contribution in [0.4, 0.5) is 10.6 Å². The van der Waals surface area contributed by atoms with Crippen LogP contribution in [0.5, 0.6) is 0 Å². The molecule has 6 heteroatoms. The van der Waals surface area contributed by atoms with Crippen LogP contribution in [0.15, 0.2) is 42.5 Å². The zero-order valence-electron chi connectivity index (χ0n) is 14.4. The Labute approximate surface area is 157 Å². The highest BCUT2D eigenvalue weighted by Crippen LogP contribution is 2.36. The number of benzene rings is 2. The van der Waals surface area contributed by atoms with Gasteiger partial charge in [-0.15, -0.1) is 0 Å². The average molecular weight is 369 g/mol. The monoisotopic (exact) mass is 368 g/mol. The zero-order valence-corrected chi connectivity index (χ0v) is 15.2.